The summed E-state index contributed by atoms with van der Waals surface area (Å²) in [7, 11) is 0. The van der Waals surface area contributed by atoms with E-state index in [1.165, 1.54) is 11.8 Å². The quantitative estimate of drug-likeness (QED) is 0.644. The van der Waals surface area contributed by atoms with Crippen LogP contribution < -0.4 is 10.6 Å². The van der Waals surface area contributed by atoms with Crippen LogP contribution in [0, 0.1) is 5.41 Å². The highest BCUT2D eigenvalue weighted by Gasteiger charge is 2.13. The molecule has 104 valence electrons. The van der Waals surface area contributed by atoms with Crippen LogP contribution in [0.2, 0.25) is 0 Å². The summed E-state index contributed by atoms with van der Waals surface area (Å²) in [6.07, 6.45) is 3.21. The van der Waals surface area contributed by atoms with Crippen LogP contribution in [0.3, 0.4) is 0 Å². The molecule has 0 aliphatic rings. The summed E-state index contributed by atoms with van der Waals surface area (Å²) in [6.45, 7) is 5.00. The number of aromatic nitrogens is 2. The van der Waals surface area contributed by atoms with Gasteiger partial charge in [0.2, 0.25) is 0 Å². The number of nitrogens with zero attached hydrogens (tertiary/aromatic N) is 3. The predicted octanol–water partition coefficient (Wildman–Crippen LogP) is 2.18. The normalized spacial score (nSPS) is 10.6. The Hall–Kier alpha value is -2.43. The summed E-state index contributed by atoms with van der Waals surface area (Å²) in [6, 6.07) is 10.5. The second kappa shape index (κ2) is 6.14. The van der Waals surface area contributed by atoms with Gasteiger partial charge >= 0.3 is 0 Å². The Kier molecular flexibility index (Phi) is 4.30. The molecule has 0 spiro atoms. The van der Waals surface area contributed by atoms with Crippen LogP contribution in [0.5, 0.6) is 0 Å². The highest BCUT2D eigenvalue weighted by atomic mass is 15.2. The summed E-state index contributed by atoms with van der Waals surface area (Å²) < 4.78 is 0. The minimum absolute atomic E-state index is 0.0665. The summed E-state index contributed by atoms with van der Waals surface area (Å²) in [5, 5.41) is 7.34. The number of anilines is 1. The van der Waals surface area contributed by atoms with Gasteiger partial charge in [-0.1, -0.05) is 30.3 Å². The van der Waals surface area contributed by atoms with Crippen LogP contribution >= 0.6 is 0 Å². The van der Waals surface area contributed by atoms with Crippen molar-refractivity contribution in [2.24, 2.45) is 5.73 Å². The van der Waals surface area contributed by atoms with Crippen LogP contribution in [0.25, 0.3) is 0 Å². The Morgan fingerprint density at radius 2 is 1.90 bits per heavy atom. The first-order valence-electron chi connectivity index (χ1n) is 6.55. The lowest BCUT2D eigenvalue weighted by molar-refractivity contribution is 0.670. The third kappa shape index (κ3) is 3.32. The van der Waals surface area contributed by atoms with E-state index in [9.17, 15) is 0 Å². The number of hydrogen-bond acceptors (Lipinski definition) is 4. The molecule has 0 atom stereocenters. The fraction of sp³-hybridized carbons (Fsp3) is 0.267. The molecule has 0 saturated carbocycles. The molecule has 0 unspecified atom stereocenters. The van der Waals surface area contributed by atoms with Crippen molar-refractivity contribution in [3.8, 4) is 0 Å². The van der Waals surface area contributed by atoms with Gasteiger partial charge in [-0.05, 0) is 19.4 Å². The second-order valence-electron chi connectivity index (χ2n) is 4.88. The van der Waals surface area contributed by atoms with E-state index in [4.69, 9.17) is 11.1 Å². The van der Waals surface area contributed by atoms with Gasteiger partial charge in [0.1, 0.15) is 17.3 Å². The lowest BCUT2D eigenvalue weighted by atomic mass is 10.2. The van der Waals surface area contributed by atoms with Gasteiger partial charge in [-0.15, -0.1) is 0 Å². The molecule has 1 aromatic heterocycles. The van der Waals surface area contributed by atoms with Crippen molar-refractivity contribution in [3.63, 3.8) is 0 Å². The molecule has 0 bridgehead atoms. The second-order valence-corrected chi connectivity index (χ2v) is 4.88. The van der Waals surface area contributed by atoms with E-state index >= 15 is 0 Å². The zero-order chi connectivity index (χ0) is 14.5. The first-order valence-corrected chi connectivity index (χ1v) is 6.55. The molecular formula is C15H19N5. The minimum atomic E-state index is -0.0665. The number of nitrogens with one attached hydrogen (secondary N) is 1. The fourth-order valence-electron chi connectivity index (χ4n) is 1.92. The molecular weight excluding hydrogens is 250 g/mol. The average molecular weight is 269 g/mol. The standard InChI is InChI=1S/C15H19N5/c1-11(2)20(10-12-6-4-3-5-7-12)14-9-18-13(8-19-14)15(16)17/h3-9,11H,10H2,1-2H3,(H3,16,17). The highest BCUT2D eigenvalue weighted by molar-refractivity contribution is 5.92. The fourth-order valence-corrected chi connectivity index (χ4v) is 1.92. The van der Waals surface area contributed by atoms with Gasteiger partial charge in [0.25, 0.3) is 0 Å². The number of hydrogen-bond donors (Lipinski definition) is 2. The zero-order valence-electron chi connectivity index (χ0n) is 11.7. The van der Waals surface area contributed by atoms with Crippen molar-refractivity contribution >= 4 is 11.7 Å². The SMILES string of the molecule is CC(C)N(Cc1ccccc1)c1cnc(C(=N)N)cn1. The van der Waals surface area contributed by atoms with Gasteiger partial charge < -0.3 is 10.6 Å². The molecule has 2 rings (SSSR count). The van der Waals surface area contributed by atoms with Crippen LogP contribution in [0.15, 0.2) is 42.7 Å². The maximum absolute atomic E-state index is 7.34. The van der Waals surface area contributed by atoms with Crippen molar-refractivity contribution in [2.45, 2.75) is 26.4 Å². The first-order chi connectivity index (χ1) is 9.58. The first kappa shape index (κ1) is 14.0. The molecule has 0 radical (unpaired) electrons. The maximum Gasteiger partial charge on any atom is 0.147 e. The number of nitrogens with two attached hydrogens (primary N) is 1. The van der Waals surface area contributed by atoms with Gasteiger partial charge in [0.15, 0.2) is 0 Å². The summed E-state index contributed by atoms with van der Waals surface area (Å²) in [4.78, 5) is 10.7. The molecule has 0 aliphatic heterocycles. The van der Waals surface area contributed by atoms with Gasteiger partial charge in [0.05, 0.1) is 12.4 Å². The van der Waals surface area contributed by atoms with Gasteiger partial charge in [-0.25, -0.2) is 9.97 Å². The molecule has 5 nitrogen and oxygen atoms in total. The van der Waals surface area contributed by atoms with Gasteiger partial charge in [0, 0.05) is 12.6 Å². The third-order valence-electron chi connectivity index (χ3n) is 3.03. The van der Waals surface area contributed by atoms with Gasteiger partial charge in [-0.3, -0.25) is 5.41 Å². The van der Waals surface area contributed by atoms with E-state index in [0.717, 1.165) is 12.4 Å². The van der Waals surface area contributed by atoms with Crippen LogP contribution in [-0.4, -0.2) is 21.8 Å². The van der Waals surface area contributed by atoms with E-state index in [-0.39, 0.29) is 5.84 Å². The maximum atomic E-state index is 7.34. The molecule has 20 heavy (non-hydrogen) atoms. The van der Waals surface area contributed by atoms with E-state index in [1.54, 1.807) is 6.20 Å². The summed E-state index contributed by atoms with van der Waals surface area (Å²) >= 11 is 0. The van der Waals surface area contributed by atoms with Crippen molar-refractivity contribution < 1.29 is 0 Å². The molecule has 0 saturated heterocycles. The number of rotatable bonds is 5. The van der Waals surface area contributed by atoms with Gasteiger partial charge in [-0.2, -0.15) is 0 Å². The van der Waals surface area contributed by atoms with Crippen molar-refractivity contribution in [2.75, 3.05) is 4.90 Å². The topological polar surface area (TPSA) is 78.9 Å². The minimum Gasteiger partial charge on any atom is -0.382 e. The Balaban J connectivity index is 2.22. The smallest absolute Gasteiger partial charge is 0.147 e. The Morgan fingerprint density at radius 3 is 2.40 bits per heavy atom. The van der Waals surface area contributed by atoms with E-state index in [0.29, 0.717) is 11.7 Å². The monoisotopic (exact) mass is 269 g/mol. The molecule has 1 heterocycles. The lowest BCUT2D eigenvalue weighted by Crippen LogP contribution is -2.31. The number of amidine groups is 1. The van der Waals surface area contributed by atoms with Crippen LogP contribution in [0.1, 0.15) is 25.1 Å². The Bertz CT molecular complexity index is 563. The molecule has 0 amide bonds. The average Bonchev–Trinajstić information content (AvgIpc) is 2.45. The van der Waals surface area contributed by atoms with E-state index in [1.807, 2.05) is 18.2 Å². The Labute approximate surface area is 119 Å². The summed E-state index contributed by atoms with van der Waals surface area (Å²) in [5.74, 6) is 0.719. The third-order valence-corrected chi connectivity index (χ3v) is 3.03. The Morgan fingerprint density at radius 1 is 1.20 bits per heavy atom. The molecule has 5 heteroatoms. The van der Waals surface area contributed by atoms with E-state index in [2.05, 4.69) is 40.8 Å². The van der Waals surface area contributed by atoms with Crippen LogP contribution in [0.4, 0.5) is 5.82 Å². The molecule has 0 fully saturated rings. The lowest BCUT2D eigenvalue weighted by Gasteiger charge is -2.27. The zero-order valence-corrected chi connectivity index (χ0v) is 11.7. The molecule has 3 N–H and O–H groups in total. The highest BCUT2D eigenvalue weighted by Crippen LogP contribution is 2.16. The summed E-state index contributed by atoms with van der Waals surface area (Å²) in [5.41, 5.74) is 7.01. The number of benzene rings is 1. The number of nitrogen functional groups attached to an aromatic ring is 1. The van der Waals surface area contributed by atoms with Crippen LogP contribution in [-0.2, 0) is 6.54 Å². The molecule has 2 aromatic rings. The molecule has 0 aliphatic carbocycles. The van der Waals surface area contributed by atoms with Crippen molar-refractivity contribution in [1.29, 1.82) is 5.41 Å². The predicted molar refractivity (Wildman–Crippen MR) is 80.8 cm³/mol. The van der Waals surface area contributed by atoms with E-state index < -0.39 is 0 Å². The largest absolute Gasteiger partial charge is 0.382 e. The van der Waals surface area contributed by atoms with Crippen molar-refractivity contribution in [3.05, 3.63) is 54.0 Å². The molecule has 1 aromatic carbocycles. The van der Waals surface area contributed by atoms with Crippen molar-refractivity contribution in [1.82, 2.24) is 9.97 Å².